The molecule has 1 heterocycles. The van der Waals surface area contributed by atoms with Crippen LogP contribution in [0, 0.1) is 11.8 Å². The van der Waals surface area contributed by atoms with Gasteiger partial charge < -0.3 is 4.52 Å². The number of rotatable bonds is 0. The van der Waals surface area contributed by atoms with Crippen molar-refractivity contribution in [1.29, 1.82) is 0 Å². The van der Waals surface area contributed by atoms with Gasteiger partial charge in [-0.05, 0) is 56.3 Å². The van der Waals surface area contributed by atoms with Gasteiger partial charge in [-0.15, -0.1) is 5.73 Å². The van der Waals surface area contributed by atoms with Gasteiger partial charge in [-0.25, -0.2) is 0 Å². The average molecular weight is 314 g/mol. The Hall–Kier alpha value is -1.49. The highest BCUT2D eigenvalue weighted by atomic mass is 31.2. The van der Waals surface area contributed by atoms with Gasteiger partial charge in [0, 0.05) is 18.7 Å². The third-order valence-electron chi connectivity index (χ3n) is 4.39. The lowest BCUT2D eigenvalue weighted by Gasteiger charge is -2.32. The Balaban J connectivity index is 0.000000254. The lowest BCUT2D eigenvalue weighted by atomic mass is 9.93. The molecule has 0 N–H and O–H groups in total. The summed E-state index contributed by atoms with van der Waals surface area (Å²) in [7, 11) is -2.62. The number of hydrogen-bond acceptors (Lipinski definition) is 2. The maximum atomic E-state index is 12.6. The lowest BCUT2D eigenvalue weighted by Crippen LogP contribution is -2.12. The summed E-state index contributed by atoms with van der Waals surface area (Å²) in [6.07, 6.45) is 15.7. The van der Waals surface area contributed by atoms with Gasteiger partial charge >= 0.3 is 0 Å². The van der Waals surface area contributed by atoms with Crippen LogP contribution in [0.5, 0.6) is 0 Å². The van der Waals surface area contributed by atoms with Crippen molar-refractivity contribution in [2.75, 3.05) is 6.66 Å². The Labute approximate surface area is 133 Å². The van der Waals surface area contributed by atoms with E-state index in [9.17, 15) is 4.57 Å². The summed E-state index contributed by atoms with van der Waals surface area (Å²) in [5, 5.41) is 0.974. The van der Waals surface area contributed by atoms with Crippen LogP contribution in [-0.4, -0.2) is 6.66 Å². The quantitative estimate of drug-likeness (QED) is 0.422. The van der Waals surface area contributed by atoms with E-state index in [-0.39, 0.29) is 0 Å². The minimum Gasteiger partial charge on any atom is -0.444 e. The van der Waals surface area contributed by atoms with Gasteiger partial charge in [0.1, 0.15) is 5.76 Å². The number of allylic oxidation sites excluding steroid dienone is 9. The molecule has 0 amide bonds. The second-order valence-corrected chi connectivity index (χ2v) is 8.51. The minimum absolute atomic E-state index is 0.625. The van der Waals surface area contributed by atoms with Gasteiger partial charge in [-0.1, -0.05) is 24.3 Å². The van der Waals surface area contributed by atoms with E-state index < -0.39 is 7.37 Å². The molecule has 0 radical (unpaired) electrons. The van der Waals surface area contributed by atoms with Gasteiger partial charge in [0.25, 0.3) is 7.37 Å². The summed E-state index contributed by atoms with van der Waals surface area (Å²) in [5.41, 5.74) is 5.24. The fourth-order valence-corrected chi connectivity index (χ4v) is 5.00. The number of fused-ring (bicyclic) bond motifs is 3. The van der Waals surface area contributed by atoms with E-state index in [0.717, 1.165) is 23.9 Å². The van der Waals surface area contributed by atoms with Crippen LogP contribution in [0.1, 0.15) is 33.1 Å². The zero-order chi connectivity index (χ0) is 15.7. The third-order valence-corrected chi connectivity index (χ3v) is 6.22. The molecule has 1 aliphatic heterocycles. The molecule has 22 heavy (non-hydrogen) atoms. The predicted molar refractivity (Wildman–Crippen MR) is 91.8 cm³/mol. The van der Waals surface area contributed by atoms with E-state index >= 15 is 0 Å². The molecular weight excluding hydrogens is 291 g/mol. The van der Waals surface area contributed by atoms with Crippen molar-refractivity contribution in [1.82, 2.24) is 0 Å². The Morgan fingerprint density at radius 1 is 1.27 bits per heavy atom. The molecule has 0 saturated heterocycles. The summed E-state index contributed by atoms with van der Waals surface area (Å²) in [4.78, 5) is 0. The van der Waals surface area contributed by atoms with E-state index in [4.69, 9.17) is 4.52 Å². The molecule has 3 atom stereocenters. The highest BCUT2D eigenvalue weighted by Crippen LogP contribution is 2.66. The van der Waals surface area contributed by atoms with E-state index in [1.807, 2.05) is 26.0 Å². The van der Waals surface area contributed by atoms with Crippen molar-refractivity contribution >= 4 is 7.37 Å². The normalized spacial score (nSPS) is 33.4. The second-order valence-electron chi connectivity index (χ2n) is 6.15. The average Bonchev–Trinajstić information content (AvgIpc) is 3.25. The summed E-state index contributed by atoms with van der Waals surface area (Å²) in [6, 6.07) is 0. The zero-order valence-corrected chi connectivity index (χ0v) is 14.4. The molecule has 1 fully saturated rings. The number of hydrogen-bond donors (Lipinski definition) is 0. The van der Waals surface area contributed by atoms with Gasteiger partial charge in [-0.3, -0.25) is 4.57 Å². The molecule has 3 unspecified atom stereocenters. The Morgan fingerprint density at radius 2 is 2.00 bits per heavy atom. The third kappa shape index (κ3) is 2.86. The van der Waals surface area contributed by atoms with E-state index in [0.29, 0.717) is 11.8 Å². The molecule has 0 aromatic rings. The summed E-state index contributed by atoms with van der Waals surface area (Å²) in [5.74, 6) is 2.26. The molecular formula is C19H23O2P. The summed E-state index contributed by atoms with van der Waals surface area (Å²) in [6.45, 7) is 5.65. The molecule has 3 aliphatic carbocycles. The molecule has 0 bridgehead atoms. The minimum atomic E-state index is -2.62. The first-order chi connectivity index (χ1) is 10.6. The largest absolute Gasteiger partial charge is 0.444 e. The van der Waals surface area contributed by atoms with Gasteiger partial charge in [0.05, 0.1) is 5.31 Å². The topological polar surface area (TPSA) is 26.3 Å². The maximum Gasteiger partial charge on any atom is 0.274 e. The lowest BCUT2D eigenvalue weighted by molar-refractivity contribution is 0.387. The maximum absolute atomic E-state index is 12.6. The highest BCUT2D eigenvalue weighted by Gasteiger charge is 2.44. The molecule has 0 aromatic heterocycles. The first kappa shape index (κ1) is 15.4. The van der Waals surface area contributed by atoms with Crippen molar-refractivity contribution in [2.45, 2.75) is 33.1 Å². The molecule has 4 rings (SSSR count). The Morgan fingerprint density at radius 3 is 2.68 bits per heavy atom. The van der Waals surface area contributed by atoms with Crippen molar-refractivity contribution in [3.05, 3.63) is 64.4 Å². The Kier molecular flexibility index (Phi) is 4.17. The fraction of sp³-hybridized carbons (Fsp3) is 0.421. The fourth-order valence-electron chi connectivity index (χ4n) is 3.20. The molecule has 3 heteroatoms. The van der Waals surface area contributed by atoms with Gasteiger partial charge in [-0.2, -0.15) is 0 Å². The van der Waals surface area contributed by atoms with Crippen LogP contribution < -0.4 is 0 Å². The van der Waals surface area contributed by atoms with Gasteiger partial charge in [0.15, 0.2) is 0 Å². The molecule has 4 aliphatic rings. The SMILES string of the molecule is CC=C=CC.CP1(=O)OC2=C(C=CCC2)C2=CC3CC3C=C21. The van der Waals surface area contributed by atoms with Crippen LogP contribution >= 0.6 is 7.37 Å². The second kappa shape index (κ2) is 5.95. The van der Waals surface area contributed by atoms with E-state index in [1.54, 1.807) is 6.66 Å². The zero-order valence-electron chi connectivity index (χ0n) is 13.5. The van der Waals surface area contributed by atoms with Gasteiger partial charge in [0.2, 0.25) is 0 Å². The molecule has 2 nitrogen and oxygen atoms in total. The molecule has 1 saturated carbocycles. The molecule has 116 valence electrons. The first-order valence-electron chi connectivity index (χ1n) is 8.00. The van der Waals surface area contributed by atoms with Crippen LogP contribution in [-0.2, 0) is 9.09 Å². The van der Waals surface area contributed by atoms with Crippen molar-refractivity contribution < 1.29 is 9.09 Å². The first-order valence-corrected chi connectivity index (χ1v) is 10.1. The van der Waals surface area contributed by atoms with Crippen LogP contribution in [0.25, 0.3) is 0 Å². The smallest absolute Gasteiger partial charge is 0.274 e. The van der Waals surface area contributed by atoms with Crippen molar-refractivity contribution in [3.63, 3.8) is 0 Å². The van der Waals surface area contributed by atoms with Crippen molar-refractivity contribution in [2.24, 2.45) is 11.8 Å². The van der Waals surface area contributed by atoms with Crippen LogP contribution in [0.4, 0.5) is 0 Å². The summed E-state index contributed by atoms with van der Waals surface area (Å²) >= 11 is 0. The van der Waals surface area contributed by atoms with Crippen LogP contribution in [0.2, 0.25) is 0 Å². The van der Waals surface area contributed by atoms with Crippen LogP contribution in [0.3, 0.4) is 0 Å². The van der Waals surface area contributed by atoms with E-state index in [1.165, 1.54) is 17.6 Å². The highest BCUT2D eigenvalue weighted by molar-refractivity contribution is 7.63. The molecule has 0 spiro atoms. The summed E-state index contributed by atoms with van der Waals surface area (Å²) < 4.78 is 18.4. The van der Waals surface area contributed by atoms with Crippen molar-refractivity contribution in [3.8, 4) is 0 Å². The Bertz CT molecular complexity index is 706. The van der Waals surface area contributed by atoms with Crippen LogP contribution in [0.15, 0.2) is 64.4 Å². The monoisotopic (exact) mass is 314 g/mol. The molecule has 0 aromatic carbocycles. The van der Waals surface area contributed by atoms with E-state index in [2.05, 4.69) is 30.0 Å². The standard InChI is InChI=1S/C14H15O2P.C5H8/c1-17(15)14-8-10-6-9(10)7-12(14)11-4-2-3-5-13(11)16-17;1-3-5-4-2/h2,4,7-10H,3,5-6H2,1H3;3-4H,1-2H3. The predicted octanol–water partition coefficient (Wildman–Crippen LogP) is 5.73.